The van der Waals surface area contributed by atoms with Gasteiger partial charge in [-0.25, -0.2) is 9.97 Å². The minimum absolute atomic E-state index is 0.410. The van der Waals surface area contributed by atoms with Crippen LogP contribution in [0.15, 0.2) is 47.7 Å². The number of benzene rings is 1. The number of hydrogen-bond donors (Lipinski definition) is 3. The van der Waals surface area contributed by atoms with Gasteiger partial charge >= 0.3 is 0 Å². The summed E-state index contributed by atoms with van der Waals surface area (Å²) < 4.78 is 0. The molecular formula is C19H26N6. The number of rotatable bonds is 8. The van der Waals surface area contributed by atoms with Gasteiger partial charge in [-0.1, -0.05) is 25.1 Å². The van der Waals surface area contributed by atoms with Gasteiger partial charge < -0.3 is 16.4 Å². The number of hydrogen-bond acceptors (Lipinski definition) is 6. The van der Waals surface area contributed by atoms with Crippen molar-refractivity contribution >= 4 is 17.6 Å². The van der Waals surface area contributed by atoms with Gasteiger partial charge in [-0.3, -0.25) is 4.99 Å². The van der Waals surface area contributed by atoms with E-state index in [0.29, 0.717) is 11.9 Å². The third kappa shape index (κ3) is 5.12. The fraction of sp³-hybridized carbons (Fsp3) is 0.316. The molecule has 6 heteroatoms. The van der Waals surface area contributed by atoms with Crippen LogP contribution in [0.3, 0.4) is 0 Å². The molecule has 0 saturated carbocycles. The van der Waals surface area contributed by atoms with Gasteiger partial charge in [0.15, 0.2) is 5.82 Å². The summed E-state index contributed by atoms with van der Waals surface area (Å²) in [5, 5.41) is 6.63. The molecule has 25 heavy (non-hydrogen) atoms. The highest BCUT2D eigenvalue weighted by Crippen LogP contribution is 2.21. The third-order valence-electron chi connectivity index (χ3n) is 3.99. The highest BCUT2D eigenvalue weighted by atomic mass is 15.0. The second-order valence-corrected chi connectivity index (χ2v) is 5.63. The summed E-state index contributed by atoms with van der Waals surface area (Å²) in [6.45, 7) is 2.97. The van der Waals surface area contributed by atoms with E-state index in [9.17, 15) is 0 Å². The van der Waals surface area contributed by atoms with Gasteiger partial charge in [0.25, 0.3) is 0 Å². The molecule has 4 N–H and O–H groups in total. The molecule has 2 rings (SSSR count). The molecule has 1 heterocycles. The van der Waals surface area contributed by atoms with Crippen LogP contribution in [0.1, 0.15) is 18.9 Å². The average molecular weight is 338 g/mol. The van der Waals surface area contributed by atoms with Crippen molar-refractivity contribution in [3.63, 3.8) is 0 Å². The Morgan fingerprint density at radius 3 is 2.88 bits per heavy atom. The molecule has 2 aromatic rings. The first kappa shape index (κ1) is 18.6. The first-order valence-electron chi connectivity index (χ1n) is 8.40. The lowest BCUT2D eigenvalue weighted by Crippen LogP contribution is -2.32. The Bertz CT molecular complexity index is 734. The second-order valence-electron chi connectivity index (χ2n) is 5.63. The molecule has 1 aromatic heterocycles. The van der Waals surface area contributed by atoms with Crippen molar-refractivity contribution in [3.05, 3.63) is 48.3 Å². The summed E-state index contributed by atoms with van der Waals surface area (Å²) in [4.78, 5) is 13.1. The van der Waals surface area contributed by atoms with E-state index in [4.69, 9.17) is 5.73 Å². The number of nitrogens with two attached hydrogens (primary N) is 1. The van der Waals surface area contributed by atoms with E-state index < -0.39 is 0 Å². The van der Waals surface area contributed by atoms with Crippen molar-refractivity contribution in [2.45, 2.75) is 19.4 Å². The smallest absolute Gasteiger partial charge is 0.161 e. The monoisotopic (exact) mass is 338 g/mol. The maximum atomic E-state index is 5.70. The molecule has 0 radical (unpaired) electrons. The third-order valence-corrected chi connectivity index (χ3v) is 3.99. The van der Waals surface area contributed by atoms with Crippen molar-refractivity contribution in [1.29, 1.82) is 0 Å². The van der Waals surface area contributed by atoms with Crippen LogP contribution in [0.5, 0.6) is 0 Å². The number of likely N-dealkylation sites (N-methyl/N-ethyl adjacent to an activating group) is 1. The minimum Gasteiger partial charge on any atom is -0.404 e. The van der Waals surface area contributed by atoms with Gasteiger partial charge in [0.1, 0.15) is 5.82 Å². The fourth-order valence-electron chi connectivity index (χ4n) is 2.47. The Labute approximate surface area is 149 Å². The maximum absolute atomic E-state index is 5.70. The highest BCUT2D eigenvalue weighted by Gasteiger charge is 2.07. The lowest BCUT2D eigenvalue weighted by Gasteiger charge is -2.15. The van der Waals surface area contributed by atoms with Crippen LogP contribution >= 0.6 is 0 Å². The predicted octanol–water partition coefficient (Wildman–Crippen LogP) is 2.55. The van der Waals surface area contributed by atoms with E-state index in [1.807, 2.05) is 37.4 Å². The summed E-state index contributed by atoms with van der Waals surface area (Å²) in [5.41, 5.74) is 8.47. The quantitative estimate of drug-likeness (QED) is 0.644. The molecule has 0 aliphatic rings. The lowest BCUT2D eigenvalue weighted by molar-refractivity contribution is 0.568. The molecule has 0 saturated heterocycles. The van der Waals surface area contributed by atoms with E-state index in [1.54, 1.807) is 25.7 Å². The summed E-state index contributed by atoms with van der Waals surface area (Å²) in [7, 11) is 3.69. The average Bonchev–Trinajstić information content (AvgIpc) is 2.67. The second kappa shape index (κ2) is 9.54. The summed E-state index contributed by atoms with van der Waals surface area (Å²) >= 11 is 0. The molecule has 1 atom stereocenters. The molecule has 0 amide bonds. The molecule has 1 aromatic carbocycles. The van der Waals surface area contributed by atoms with Gasteiger partial charge in [0.2, 0.25) is 0 Å². The molecule has 0 bridgehead atoms. The predicted molar refractivity (Wildman–Crippen MR) is 106 cm³/mol. The molecule has 0 aliphatic heterocycles. The van der Waals surface area contributed by atoms with E-state index in [-0.39, 0.29) is 0 Å². The van der Waals surface area contributed by atoms with E-state index in [0.717, 1.165) is 35.5 Å². The van der Waals surface area contributed by atoms with Crippen LogP contribution < -0.4 is 16.4 Å². The van der Waals surface area contributed by atoms with Crippen molar-refractivity contribution in [2.24, 2.45) is 10.7 Å². The van der Waals surface area contributed by atoms with Gasteiger partial charge in [-0.05, 0) is 31.2 Å². The Morgan fingerprint density at radius 1 is 1.36 bits per heavy atom. The van der Waals surface area contributed by atoms with Crippen LogP contribution in [0.4, 0.5) is 5.82 Å². The molecule has 0 aliphatic carbocycles. The Kier molecular flexibility index (Phi) is 7.10. The van der Waals surface area contributed by atoms with Gasteiger partial charge in [-0.2, -0.15) is 0 Å². The van der Waals surface area contributed by atoms with Gasteiger partial charge in [0, 0.05) is 49.4 Å². The molecule has 1 unspecified atom stereocenters. The SMILES string of the molecule is CCC(CNc1ccnc(-c2cccc(C(C=NC)=CN)c2)n1)NC. The van der Waals surface area contributed by atoms with Crippen LogP contribution in [0, 0.1) is 0 Å². The number of aromatic nitrogens is 2. The first-order valence-corrected chi connectivity index (χ1v) is 8.40. The normalized spacial score (nSPS) is 13.2. The number of anilines is 1. The number of nitrogens with zero attached hydrogens (tertiary/aromatic N) is 3. The highest BCUT2D eigenvalue weighted by molar-refractivity contribution is 6.09. The molecule has 0 spiro atoms. The van der Waals surface area contributed by atoms with E-state index in [2.05, 4.69) is 32.5 Å². The summed E-state index contributed by atoms with van der Waals surface area (Å²) in [6, 6.07) is 10.3. The number of allylic oxidation sites excluding steroid dienone is 1. The van der Waals surface area contributed by atoms with Crippen LogP contribution in [-0.4, -0.2) is 42.9 Å². The standard InChI is InChI=1S/C19H26N6/c1-4-17(22-3)13-24-18-8-9-23-19(25-18)15-7-5-6-14(10-15)16(11-20)12-21-2/h5-12,17,22H,4,13,20H2,1-3H3,(H,23,24,25). The topological polar surface area (TPSA) is 88.2 Å². The molecule has 6 nitrogen and oxygen atoms in total. The summed E-state index contributed by atoms with van der Waals surface area (Å²) in [5.74, 6) is 1.49. The minimum atomic E-state index is 0.410. The largest absolute Gasteiger partial charge is 0.404 e. The molecule has 0 fully saturated rings. The van der Waals surface area contributed by atoms with Crippen molar-refractivity contribution in [3.8, 4) is 11.4 Å². The van der Waals surface area contributed by atoms with E-state index >= 15 is 0 Å². The van der Waals surface area contributed by atoms with Gasteiger partial charge in [-0.15, -0.1) is 0 Å². The van der Waals surface area contributed by atoms with Crippen LogP contribution in [0.2, 0.25) is 0 Å². The zero-order valence-electron chi connectivity index (χ0n) is 15.0. The maximum Gasteiger partial charge on any atom is 0.161 e. The zero-order valence-corrected chi connectivity index (χ0v) is 15.0. The Morgan fingerprint density at radius 2 is 2.20 bits per heavy atom. The van der Waals surface area contributed by atoms with Gasteiger partial charge in [0.05, 0.1) is 0 Å². The van der Waals surface area contributed by atoms with Crippen molar-refractivity contribution in [2.75, 3.05) is 26.0 Å². The van der Waals surface area contributed by atoms with Crippen molar-refractivity contribution in [1.82, 2.24) is 15.3 Å². The fourth-order valence-corrected chi connectivity index (χ4v) is 2.47. The van der Waals surface area contributed by atoms with Crippen LogP contribution in [0.25, 0.3) is 17.0 Å². The Hall–Kier alpha value is -2.73. The first-order chi connectivity index (χ1) is 12.2. The van der Waals surface area contributed by atoms with Crippen LogP contribution in [-0.2, 0) is 0 Å². The number of aliphatic imine (C=N–C) groups is 1. The van der Waals surface area contributed by atoms with Crippen molar-refractivity contribution < 1.29 is 0 Å². The lowest BCUT2D eigenvalue weighted by atomic mass is 10.0. The molecular weight excluding hydrogens is 312 g/mol. The summed E-state index contributed by atoms with van der Waals surface area (Å²) in [6.07, 6.45) is 6.11. The van der Waals surface area contributed by atoms with E-state index in [1.165, 1.54) is 0 Å². The number of nitrogens with one attached hydrogen (secondary N) is 2. The molecule has 132 valence electrons. The zero-order chi connectivity index (χ0) is 18.1. The Balaban J connectivity index is 2.23.